The highest BCUT2D eigenvalue weighted by atomic mass is 16.3. The summed E-state index contributed by atoms with van der Waals surface area (Å²) in [6.07, 6.45) is 3.34. The second-order valence-corrected chi connectivity index (χ2v) is 5.72. The van der Waals surface area contributed by atoms with Crippen LogP contribution in [0.5, 0.6) is 0 Å². The molecule has 6 heteroatoms. The second-order valence-electron chi connectivity index (χ2n) is 5.72. The van der Waals surface area contributed by atoms with Crippen molar-refractivity contribution < 1.29 is 9.90 Å². The second kappa shape index (κ2) is 5.36. The Balaban J connectivity index is 2.18. The molecule has 2 rings (SSSR count). The third kappa shape index (κ3) is 2.90. The Morgan fingerprint density at radius 1 is 1.40 bits per heavy atom. The number of aromatic amines is 1. The van der Waals surface area contributed by atoms with Gasteiger partial charge in [0, 0.05) is 19.3 Å². The zero-order valence-electron chi connectivity index (χ0n) is 12.2. The van der Waals surface area contributed by atoms with Gasteiger partial charge in [-0.2, -0.15) is 0 Å². The van der Waals surface area contributed by atoms with Gasteiger partial charge >= 0.3 is 0 Å². The van der Waals surface area contributed by atoms with Crippen molar-refractivity contribution in [1.29, 1.82) is 0 Å². The van der Waals surface area contributed by atoms with Crippen molar-refractivity contribution in [3.05, 3.63) is 27.4 Å². The first-order chi connectivity index (χ1) is 9.32. The molecule has 1 aromatic rings. The molecule has 1 fully saturated rings. The number of aliphatic hydroxyl groups is 1. The summed E-state index contributed by atoms with van der Waals surface area (Å²) in [6.45, 7) is 3.72. The molecule has 0 unspecified atom stereocenters. The molecule has 0 spiro atoms. The fourth-order valence-corrected chi connectivity index (χ4v) is 2.65. The smallest absolute Gasteiger partial charge is 0.279 e. The van der Waals surface area contributed by atoms with Crippen LogP contribution in [0.2, 0.25) is 0 Å². The van der Waals surface area contributed by atoms with Crippen LogP contribution < -0.4 is 5.56 Å². The number of carbonyl (C=O) groups excluding carboxylic acids is 1. The molecule has 0 aromatic carbocycles. The number of amides is 1. The van der Waals surface area contributed by atoms with E-state index in [0.717, 1.165) is 12.8 Å². The molecule has 6 nitrogen and oxygen atoms in total. The molecule has 0 bridgehead atoms. The molecule has 110 valence electrons. The number of aromatic nitrogens is 2. The van der Waals surface area contributed by atoms with Gasteiger partial charge in [-0.15, -0.1) is 0 Å². The van der Waals surface area contributed by atoms with Gasteiger partial charge in [-0.05, 0) is 26.7 Å². The number of likely N-dealkylation sites (N-methyl/N-ethyl adjacent to an activating group) is 1. The van der Waals surface area contributed by atoms with Crippen molar-refractivity contribution in [2.75, 3.05) is 13.6 Å². The van der Waals surface area contributed by atoms with Crippen LogP contribution >= 0.6 is 0 Å². The summed E-state index contributed by atoms with van der Waals surface area (Å²) in [5.41, 5.74) is -0.137. The van der Waals surface area contributed by atoms with E-state index in [0.29, 0.717) is 24.2 Å². The number of hydrogen-bond acceptors (Lipinski definition) is 4. The van der Waals surface area contributed by atoms with Crippen molar-refractivity contribution in [3.63, 3.8) is 0 Å². The van der Waals surface area contributed by atoms with E-state index in [9.17, 15) is 14.7 Å². The average Bonchev–Trinajstić information content (AvgIpc) is 2.79. The highest BCUT2D eigenvalue weighted by Gasteiger charge is 2.34. The molecule has 1 aliphatic rings. The lowest BCUT2D eigenvalue weighted by Crippen LogP contribution is -2.43. The van der Waals surface area contributed by atoms with E-state index in [2.05, 4.69) is 9.97 Å². The van der Waals surface area contributed by atoms with E-state index < -0.39 is 17.1 Å². The van der Waals surface area contributed by atoms with Gasteiger partial charge in [0.1, 0.15) is 0 Å². The quantitative estimate of drug-likeness (QED) is 0.855. The Morgan fingerprint density at radius 3 is 2.60 bits per heavy atom. The Bertz CT molecular complexity index is 574. The van der Waals surface area contributed by atoms with Gasteiger partial charge in [-0.1, -0.05) is 12.8 Å². The van der Waals surface area contributed by atoms with Gasteiger partial charge in [0.25, 0.3) is 11.5 Å². The number of carbonyl (C=O) groups is 1. The van der Waals surface area contributed by atoms with E-state index in [-0.39, 0.29) is 12.2 Å². The van der Waals surface area contributed by atoms with Crippen LogP contribution in [0.25, 0.3) is 0 Å². The van der Waals surface area contributed by atoms with Gasteiger partial charge in [-0.25, -0.2) is 4.98 Å². The van der Waals surface area contributed by atoms with Gasteiger partial charge in [0.2, 0.25) is 0 Å². The van der Waals surface area contributed by atoms with Crippen molar-refractivity contribution in [2.24, 2.45) is 0 Å². The number of H-pyrrole nitrogens is 1. The zero-order chi connectivity index (χ0) is 14.9. The largest absolute Gasteiger partial charge is 0.388 e. The summed E-state index contributed by atoms with van der Waals surface area (Å²) in [5, 5.41) is 10.3. The van der Waals surface area contributed by atoms with Gasteiger partial charge < -0.3 is 15.0 Å². The first-order valence-electron chi connectivity index (χ1n) is 6.88. The van der Waals surface area contributed by atoms with Crippen LogP contribution in [0.3, 0.4) is 0 Å². The Kier molecular flexibility index (Phi) is 3.94. The molecule has 0 saturated heterocycles. The molecule has 0 radical (unpaired) electrons. The maximum atomic E-state index is 12.3. The highest BCUT2D eigenvalue weighted by molar-refractivity contribution is 5.91. The van der Waals surface area contributed by atoms with E-state index in [1.165, 1.54) is 4.90 Å². The summed E-state index contributed by atoms with van der Waals surface area (Å²) in [5.74, 6) is -0.449. The minimum atomic E-state index is -0.823. The summed E-state index contributed by atoms with van der Waals surface area (Å²) in [6, 6.07) is 0. The van der Waals surface area contributed by atoms with Crippen LogP contribution in [-0.2, 0) is 0 Å². The van der Waals surface area contributed by atoms with Crippen molar-refractivity contribution >= 4 is 5.91 Å². The van der Waals surface area contributed by atoms with E-state index in [1.807, 2.05) is 0 Å². The lowest BCUT2D eigenvalue weighted by atomic mass is 10.0. The number of nitrogens with zero attached hydrogens (tertiary/aromatic N) is 2. The molecule has 20 heavy (non-hydrogen) atoms. The fraction of sp³-hybridized carbons (Fsp3) is 0.643. The fourth-order valence-electron chi connectivity index (χ4n) is 2.65. The van der Waals surface area contributed by atoms with Crippen LogP contribution in [-0.4, -0.2) is 45.1 Å². The van der Waals surface area contributed by atoms with Crippen LogP contribution in [0.15, 0.2) is 4.79 Å². The monoisotopic (exact) mass is 279 g/mol. The van der Waals surface area contributed by atoms with Crippen LogP contribution in [0.1, 0.15) is 47.6 Å². The summed E-state index contributed by atoms with van der Waals surface area (Å²) >= 11 is 0. The molecule has 1 saturated carbocycles. The first kappa shape index (κ1) is 14.7. The molecule has 1 aromatic heterocycles. The predicted molar refractivity (Wildman–Crippen MR) is 74.7 cm³/mol. The van der Waals surface area contributed by atoms with Crippen LogP contribution in [0.4, 0.5) is 0 Å². The summed E-state index contributed by atoms with van der Waals surface area (Å²) in [7, 11) is 1.59. The van der Waals surface area contributed by atoms with Crippen LogP contribution in [0, 0.1) is 13.8 Å². The molecule has 0 aliphatic heterocycles. The molecule has 2 N–H and O–H groups in total. The normalized spacial score (nSPS) is 17.2. The van der Waals surface area contributed by atoms with E-state index in [4.69, 9.17) is 0 Å². The minimum Gasteiger partial charge on any atom is -0.388 e. The van der Waals surface area contributed by atoms with Gasteiger partial charge in [-0.3, -0.25) is 9.59 Å². The Hall–Kier alpha value is -1.69. The van der Waals surface area contributed by atoms with Crippen molar-refractivity contribution in [1.82, 2.24) is 14.9 Å². The lowest BCUT2D eigenvalue weighted by molar-refractivity contribution is 0.0154. The SMILES string of the molecule is Cc1nc(C(=O)N(C)CC2(O)CCCC2)c(=O)[nH]c1C. The summed E-state index contributed by atoms with van der Waals surface area (Å²) < 4.78 is 0. The zero-order valence-corrected chi connectivity index (χ0v) is 12.2. The van der Waals surface area contributed by atoms with E-state index >= 15 is 0 Å². The highest BCUT2D eigenvalue weighted by Crippen LogP contribution is 2.30. The predicted octanol–water partition coefficient (Wildman–Crippen LogP) is 0.764. The third-order valence-corrected chi connectivity index (χ3v) is 3.95. The molecular formula is C14H21N3O3. The average molecular weight is 279 g/mol. The number of aryl methyl sites for hydroxylation is 2. The Morgan fingerprint density at radius 2 is 2.00 bits per heavy atom. The maximum absolute atomic E-state index is 12.3. The maximum Gasteiger partial charge on any atom is 0.279 e. The summed E-state index contributed by atoms with van der Waals surface area (Å²) in [4.78, 5) is 32.2. The molecular weight excluding hydrogens is 258 g/mol. The minimum absolute atomic E-state index is 0.114. The molecule has 0 atom stereocenters. The number of rotatable bonds is 3. The lowest BCUT2D eigenvalue weighted by Gasteiger charge is -2.28. The third-order valence-electron chi connectivity index (χ3n) is 3.95. The molecule has 1 heterocycles. The first-order valence-corrected chi connectivity index (χ1v) is 6.88. The Labute approximate surface area is 117 Å². The van der Waals surface area contributed by atoms with Crippen molar-refractivity contribution in [2.45, 2.75) is 45.1 Å². The van der Waals surface area contributed by atoms with E-state index in [1.54, 1.807) is 20.9 Å². The standard InChI is InChI=1S/C14H21N3O3/c1-9-10(2)16-12(18)11(15-9)13(19)17(3)8-14(20)6-4-5-7-14/h20H,4-8H2,1-3H3,(H,16,18). The number of hydrogen-bond donors (Lipinski definition) is 2. The topological polar surface area (TPSA) is 86.3 Å². The molecule has 1 amide bonds. The molecule has 1 aliphatic carbocycles. The van der Waals surface area contributed by atoms with Crippen molar-refractivity contribution in [3.8, 4) is 0 Å². The van der Waals surface area contributed by atoms with Gasteiger partial charge in [0.05, 0.1) is 11.3 Å². The van der Waals surface area contributed by atoms with Gasteiger partial charge in [0.15, 0.2) is 5.69 Å². The number of nitrogens with one attached hydrogen (secondary N) is 1.